The van der Waals surface area contributed by atoms with Gasteiger partial charge in [-0.15, -0.1) is 15.9 Å². The van der Waals surface area contributed by atoms with E-state index in [0.29, 0.717) is 35.7 Å². The quantitative estimate of drug-likeness (QED) is 0.141. The minimum absolute atomic E-state index is 0.177. The van der Waals surface area contributed by atoms with E-state index in [1.807, 2.05) is 58.4 Å². The minimum Gasteiger partial charge on any atom is -0.487 e. The summed E-state index contributed by atoms with van der Waals surface area (Å²) < 4.78 is 38.4. The lowest BCUT2D eigenvalue weighted by Crippen LogP contribution is -2.48. The van der Waals surface area contributed by atoms with Crippen LogP contribution in [-0.2, 0) is 13.1 Å². The van der Waals surface area contributed by atoms with Crippen LogP contribution in [0, 0.1) is 13.8 Å². The van der Waals surface area contributed by atoms with Crippen LogP contribution in [0.4, 0.5) is 0 Å². The summed E-state index contributed by atoms with van der Waals surface area (Å²) in [5, 5.41) is 12.1. The maximum Gasteiger partial charge on any atom is 0.316 e. The summed E-state index contributed by atoms with van der Waals surface area (Å²) in [7, 11) is -1.89. The van der Waals surface area contributed by atoms with Gasteiger partial charge >= 0.3 is 6.01 Å². The predicted octanol–water partition coefficient (Wildman–Crippen LogP) is 6.90. The number of carbonyl (C=O) groups is 1. The lowest BCUT2D eigenvalue weighted by Gasteiger charge is -2.42. The van der Waals surface area contributed by atoms with Crippen molar-refractivity contribution in [3.63, 3.8) is 0 Å². The fourth-order valence-electron chi connectivity index (χ4n) is 6.75. The number of hydrogen-bond donors (Lipinski definition) is 3. The van der Waals surface area contributed by atoms with E-state index in [4.69, 9.17) is 9.47 Å². The number of methoxy groups -OCH3 is 1. The van der Waals surface area contributed by atoms with E-state index >= 15 is 0 Å². The van der Waals surface area contributed by atoms with Gasteiger partial charge in [0.2, 0.25) is 0 Å². The summed E-state index contributed by atoms with van der Waals surface area (Å²) in [4.78, 5) is 22.3. The number of benzene rings is 3. The van der Waals surface area contributed by atoms with Crippen LogP contribution in [0.2, 0.25) is 0 Å². The van der Waals surface area contributed by atoms with Gasteiger partial charge in [-0.1, -0.05) is 48.5 Å². The number of aryl methyl sites for hydroxylation is 3. The van der Waals surface area contributed by atoms with Crippen molar-refractivity contribution in [1.29, 1.82) is 0 Å². The third kappa shape index (κ3) is 6.65. The minimum atomic E-state index is -3.36. The summed E-state index contributed by atoms with van der Waals surface area (Å²) in [5.74, 6) is -0.176. The topological polar surface area (TPSA) is 148 Å². The monoisotopic (exact) mass is 699 g/mol. The van der Waals surface area contributed by atoms with Crippen LogP contribution in [0.1, 0.15) is 78.2 Å². The highest BCUT2D eigenvalue weighted by atomic mass is 32.3. The van der Waals surface area contributed by atoms with Gasteiger partial charge in [0.05, 0.1) is 24.7 Å². The van der Waals surface area contributed by atoms with E-state index in [9.17, 15) is 13.9 Å². The Hall–Kier alpha value is -4.56. The lowest BCUT2D eigenvalue weighted by atomic mass is 9.74. The van der Waals surface area contributed by atoms with Crippen LogP contribution in [0.25, 0.3) is 11.0 Å². The van der Waals surface area contributed by atoms with Crippen LogP contribution >= 0.6 is 10.8 Å². The molecule has 3 heterocycles. The van der Waals surface area contributed by atoms with Crippen molar-refractivity contribution in [3.8, 4) is 11.8 Å². The van der Waals surface area contributed by atoms with Crippen molar-refractivity contribution in [3.05, 3.63) is 100 Å². The van der Waals surface area contributed by atoms with Crippen molar-refractivity contribution in [1.82, 2.24) is 34.6 Å². The third-order valence-corrected chi connectivity index (χ3v) is 11.5. The van der Waals surface area contributed by atoms with Crippen LogP contribution in [0.3, 0.4) is 0 Å². The largest absolute Gasteiger partial charge is 0.487 e. The molecule has 6 rings (SSSR count). The molecular formula is C37H45N7O5S. The molecule has 264 valence electrons. The van der Waals surface area contributed by atoms with Gasteiger partial charge in [0, 0.05) is 36.9 Å². The Labute approximate surface area is 294 Å². The van der Waals surface area contributed by atoms with Gasteiger partial charge in [-0.3, -0.25) is 13.9 Å². The summed E-state index contributed by atoms with van der Waals surface area (Å²) >= 11 is 0. The van der Waals surface area contributed by atoms with E-state index in [2.05, 4.69) is 49.9 Å². The molecular weight excluding hydrogens is 655 g/mol. The lowest BCUT2D eigenvalue weighted by molar-refractivity contribution is 0.0905. The number of hydrogen-bond acceptors (Lipinski definition) is 10. The van der Waals surface area contributed by atoms with Crippen LogP contribution < -0.4 is 14.8 Å². The molecule has 3 N–H and O–H groups in total. The molecule has 12 nitrogen and oxygen atoms in total. The number of nitrogens with zero attached hydrogens (tertiary/aromatic N) is 6. The highest BCUT2D eigenvalue weighted by molar-refractivity contribution is 8.22. The van der Waals surface area contributed by atoms with E-state index in [1.54, 1.807) is 22.5 Å². The standard InChI is InChI=1S/C37H45N7O5S/c1-8-28-22-43(50(46,47)32-13-11-10-12-31(32)49-28)21-26-18-25(15-14-23(26)3)33(29-16-17-30-34(24(29)4)41-42-44(30)9-2)37(5,6)40-35(45)27-19-38-36(48-7)39-20-27/h10-20,28,33,46-47H,8-9,21-22H2,1-7H3,(H,40,45)/t28-,33+/m1/s1. The molecule has 2 atom stereocenters. The Balaban J connectivity index is 1.43. The zero-order valence-corrected chi connectivity index (χ0v) is 30.4. The van der Waals surface area contributed by atoms with E-state index in [0.717, 1.165) is 38.9 Å². The molecule has 0 bridgehead atoms. The molecule has 0 saturated carbocycles. The molecule has 1 aliphatic rings. The second kappa shape index (κ2) is 14.0. The van der Waals surface area contributed by atoms with Crippen molar-refractivity contribution < 1.29 is 23.4 Å². The number of ether oxygens (including phenoxy) is 2. The number of aromatic nitrogens is 5. The molecule has 0 radical (unpaired) electrons. The number of para-hydroxylation sites is 1. The van der Waals surface area contributed by atoms with Crippen LogP contribution in [0.15, 0.2) is 71.9 Å². The Morgan fingerprint density at radius 3 is 2.54 bits per heavy atom. The first kappa shape index (κ1) is 35.3. The fourth-order valence-corrected chi connectivity index (χ4v) is 8.37. The first-order valence-corrected chi connectivity index (χ1v) is 18.3. The highest BCUT2D eigenvalue weighted by Gasteiger charge is 2.38. The second-order valence-electron chi connectivity index (χ2n) is 13.2. The predicted molar refractivity (Wildman–Crippen MR) is 194 cm³/mol. The third-order valence-electron chi connectivity index (χ3n) is 9.54. The number of nitrogens with one attached hydrogen (secondary N) is 1. The van der Waals surface area contributed by atoms with Gasteiger partial charge < -0.3 is 14.8 Å². The number of rotatable bonds is 10. The molecule has 50 heavy (non-hydrogen) atoms. The summed E-state index contributed by atoms with van der Waals surface area (Å²) in [5.41, 5.74) is 6.04. The van der Waals surface area contributed by atoms with Crippen molar-refractivity contribution in [2.24, 2.45) is 0 Å². The number of amides is 1. The number of carbonyl (C=O) groups excluding carboxylic acids is 1. The normalized spacial score (nSPS) is 17.3. The first-order valence-electron chi connectivity index (χ1n) is 16.8. The SMILES string of the molecule is CC[C@@H]1CN(Cc2cc([C@@H](c3ccc4c(nnn4CC)c3C)C(C)(C)NC(=O)c3cnc(OC)nc3)ccc2C)S(O)(O)c2ccccc2O1. The molecule has 1 amide bonds. The maximum absolute atomic E-state index is 13.7. The average molecular weight is 700 g/mol. The zero-order chi connectivity index (χ0) is 35.8. The van der Waals surface area contributed by atoms with E-state index < -0.39 is 16.3 Å². The van der Waals surface area contributed by atoms with Crippen LogP contribution in [0.5, 0.6) is 11.8 Å². The molecule has 2 aromatic heterocycles. The van der Waals surface area contributed by atoms with Gasteiger partial charge in [-0.05, 0) is 87.1 Å². The van der Waals surface area contributed by atoms with Gasteiger partial charge in [-0.2, -0.15) is 4.31 Å². The van der Waals surface area contributed by atoms with Crippen molar-refractivity contribution in [2.45, 2.75) is 83.5 Å². The highest BCUT2D eigenvalue weighted by Crippen LogP contribution is 2.57. The average Bonchev–Trinajstić information content (AvgIpc) is 3.49. The molecule has 0 saturated heterocycles. The van der Waals surface area contributed by atoms with Crippen LogP contribution in [-0.4, -0.2) is 69.6 Å². The molecule has 13 heteroatoms. The summed E-state index contributed by atoms with van der Waals surface area (Å²) in [6.07, 6.45) is 3.38. The summed E-state index contributed by atoms with van der Waals surface area (Å²) in [6, 6.07) is 17.7. The smallest absolute Gasteiger partial charge is 0.316 e. The Morgan fingerprint density at radius 1 is 1.10 bits per heavy atom. The van der Waals surface area contributed by atoms with E-state index in [1.165, 1.54) is 19.5 Å². The maximum atomic E-state index is 13.7. The molecule has 1 aliphatic heterocycles. The molecule has 0 fully saturated rings. The van der Waals surface area contributed by atoms with Crippen molar-refractivity contribution >= 4 is 27.7 Å². The molecule has 0 aliphatic carbocycles. The Bertz CT molecular complexity index is 2010. The van der Waals surface area contributed by atoms with Gasteiger partial charge in [-0.25, -0.2) is 14.6 Å². The van der Waals surface area contributed by atoms with Gasteiger partial charge in [0.25, 0.3) is 5.91 Å². The first-order chi connectivity index (χ1) is 23.9. The zero-order valence-electron chi connectivity index (χ0n) is 29.5. The van der Waals surface area contributed by atoms with E-state index in [-0.39, 0.29) is 30.5 Å². The molecule has 5 aromatic rings. The Kier molecular flexibility index (Phi) is 9.86. The second-order valence-corrected chi connectivity index (χ2v) is 15.2. The molecule has 3 aromatic carbocycles. The number of fused-ring (bicyclic) bond motifs is 2. The van der Waals surface area contributed by atoms with Gasteiger partial charge in [0.1, 0.15) is 22.3 Å². The molecule has 0 unspecified atom stereocenters. The van der Waals surface area contributed by atoms with Crippen molar-refractivity contribution in [2.75, 3.05) is 13.7 Å². The molecule has 0 spiro atoms. The summed E-state index contributed by atoms with van der Waals surface area (Å²) in [6.45, 7) is 13.4. The fraction of sp³-hybridized carbons (Fsp3) is 0.378. The van der Waals surface area contributed by atoms with Gasteiger partial charge in [0.15, 0.2) is 0 Å². The Morgan fingerprint density at radius 2 is 1.84 bits per heavy atom.